The lowest BCUT2D eigenvalue weighted by Gasteiger charge is -2.19. The molecule has 3 heteroatoms. The molecule has 0 spiro atoms. The van der Waals surface area contributed by atoms with Crippen molar-refractivity contribution in [2.45, 2.75) is 20.8 Å². The van der Waals surface area contributed by atoms with Crippen LogP contribution in [0.2, 0.25) is 0 Å². The van der Waals surface area contributed by atoms with Crippen molar-refractivity contribution in [1.29, 1.82) is 0 Å². The molecular formula is C19H23NO2. The summed E-state index contributed by atoms with van der Waals surface area (Å²) in [6.07, 6.45) is 0. The Morgan fingerprint density at radius 3 is 2.41 bits per heavy atom. The van der Waals surface area contributed by atoms with Crippen molar-refractivity contribution in [3.63, 3.8) is 0 Å². The van der Waals surface area contributed by atoms with Crippen molar-refractivity contribution < 1.29 is 9.53 Å². The van der Waals surface area contributed by atoms with Crippen LogP contribution in [0.25, 0.3) is 0 Å². The van der Waals surface area contributed by atoms with Crippen LogP contribution in [0.1, 0.15) is 27.0 Å². The van der Waals surface area contributed by atoms with Crippen LogP contribution < -0.4 is 4.74 Å². The summed E-state index contributed by atoms with van der Waals surface area (Å²) in [5, 5.41) is 0. The Kier molecular flexibility index (Phi) is 5.21. The van der Waals surface area contributed by atoms with Crippen molar-refractivity contribution >= 4 is 5.91 Å². The van der Waals surface area contributed by atoms with Gasteiger partial charge in [-0.15, -0.1) is 0 Å². The molecule has 116 valence electrons. The van der Waals surface area contributed by atoms with Gasteiger partial charge in [0.25, 0.3) is 5.91 Å². The molecular weight excluding hydrogens is 274 g/mol. The van der Waals surface area contributed by atoms with Gasteiger partial charge in [0.2, 0.25) is 0 Å². The molecule has 1 amide bonds. The van der Waals surface area contributed by atoms with Crippen LogP contribution >= 0.6 is 0 Å². The van der Waals surface area contributed by atoms with Gasteiger partial charge in [0.05, 0.1) is 6.54 Å². The van der Waals surface area contributed by atoms with Crippen LogP contribution in [-0.2, 0) is 0 Å². The number of carbonyl (C=O) groups excluding carboxylic acids is 1. The van der Waals surface area contributed by atoms with Gasteiger partial charge < -0.3 is 9.64 Å². The summed E-state index contributed by atoms with van der Waals surface area (Å²) in [5.41, 5.74) is 4.04. The minimum atomic E-state index is 0.0367. The average molecular weight is 297 g/mol. The maximum absolute atomic E-state index is 12.5. The summed E-state index contributed by atoms with van der Waals surface area (Å²) in [5.74, 6) is 0.907. The molecule has 0 saturated heterocycles. The molecule has 0 bridgehead atoms. The molecule has 2 aromatic rings. The van der Waals surface area contributed by atoms with Gasteiger partial charge in [-0.3, -0.25) is 4.79 Å². The highest BCUT2D eigenvalue weighted by Gasteiger charge is 2.14. The number of carbonyl (C=O) groups is 1. The van der Waals surface area contributed by atoms with E-state index in [-0.39, 0.29) is 5.91 Å². The van der Waals surface area contributed by atoms with E-state index in [1.807, 2.05) is 70.3 Å². The number of ether oxygens (including phenoxy) is 1. The predicted octanol–water partition coefficient (Wildman–Crippen LogP) is 3.76. The van der Waals surface area contributed by atoms with Gasteiger partial charge in [0.15, 0.2) is 0 Å². The maximum atomic E-state index is 12.5. The highest BCUT2D eigenvalue weighted by Crippen LogP contribution is 2.17. The molecule has 0 aliphatic heterocycles. The van der Waals surface area contributed by atoms with Gasteiger partial charge in [0.1, 0.15) is 12.4 Å². The summed E-state index contributed by atoms with van der Waals surface area (Å²) in [4.78, 5) is 14.2. The monoisotopic (exact) mass is 297 g/mol. The number of benzene rings is 2. The number of para-hydroxylation sites is 1. The van der Waals surface area contributed by atoms with E-state index in [4.69, 9.17) is 4.74 Å². The van der Waals surface area contributed by atoms with Gasteiger partial charge in [-0.1, -0.05) is 30.3 Å². The van der Waals surface area contributed by atoms with E-state index in [0.717, 1.165) is 28.0 Å². The van der Waals surface area contributed by atoms with E-state index in [9.17, 15) is 4.79 Å². The van der Waals surface area contributed by atoms with Gasteiger partial charge in [-0.05, 0) is 49.6 Å². The number of likely N-dealkylation sites (N-methyl/N-ethyl adjacent to an activating group) is 1. The molecule has 0 saturated carbocycles. The van der Waals surface area contributed by atoms with E-state index in [1.165, 1.54) is 0 Å². The standard InChI is InChI=1S/C19H23NO2/c1-14-9-7-10-17(16(14)3)19(21)20(4)12-13-22-18-11-6-5-8-15(18)2/h5-11H,12-13H2,1-4H3. The van der Waals surface area contributed by atoms with Gasteiger partial charge in [-0.25, -0.2) is 0 Å². The summed E-state index contributed by atoms with van der Waals surface area (Å²) in [6, 6.07) is 13.7. The third kappa shape index (κ3) is 3.67. The van der Waals surface area contributed by atoms with E-state index >= 15 is 0 Å². The number of rotatable bonds is 5. The van der Waals surface area contributed by atoms with Crippen LogP contribution in [-0.4, -0.2) is 31.0 Å². The highest BCUT2D eigenvalue weighted by molar-refractivity contribution is 5.95. The Labute approximate surface area is 132 Å². The van der Waals surface area contributed by atoms with Gasteiger partial charge in [-0.2, -0.15) is 0 Å². The Balaban J connectivity index is 1.95. The Bertz CT molecular complexity index is 664. The zero-order chi connectivity index (χ0) is 16.1. The Morgan fingerprint density at radius 1 is 1.00 bits per heavy atom. The van der Waals surface area contributed by atoms with Gasteiger partial charge >= 0.3 is 0 Å². The third-order valence-electron chi connectivity index (χ3n) is 3.96. The second-order valence-electron chi connectivity index (χ2n) is 5.59. The van der Waals surface area contributed by atoms with Crippen molar-refractivity contribution in [2.24, 2.45) is 0 Å². The minimum absolute atomic E-state index is 0.0367. The molecule has 0 aliphatic rings. The first-order valence-corrected chi connectivity index (χ1v) is 7.51. The maximum Gasteiger partial charge on any atom is 0.253 e. The smallest absolute Gasteiger partial charge is 0.253 e. The Hall–Kier alpha value is -2.29. The van der Waals surface area contributed by atoms with Crippen LogP contribution in [0, 0.1) is 20.8 Å². The van der Waals surface area contributed by atoms with Crippen molar-refractivity contribution in [3.05, 3.63) is 64.7 Å². The first-order chi connectivity index (χ1) is 10.5. The summed E-state index contributed by atoms with van der Waals surface area (Å²) < 4.78 is 5.75. The van der Waals surface area contributed by atoms with E-state index in [2.05, 4.69) is 0 Å². The number of hydrogen-bond acceptors (Lipinski definition) is 2. The molecule has 0 radical (unpaired) electrons. The summed E-state index contributed by atoms with van der Waals surface area (Å²) in [6.45, 7) is 7.06. The molecule has 0 unspecified atom stereocenters. The van der Waals surface area contributed by atoms with Crippen LogP contribution in [0.4, 0.5) is 0 Å². The fourth-order valence-corrected chi connectivity index (χ4v) is 2.30. The molecule has 3 nitrogen and oxygen atoms in total. The molecule has 0 heterocycles. The lowest BCUT2D eigenvalue weighted by atomic mass is 10.0. The molecule has 0 N–H and O–H groups in total. The molecule has 2 aromatic carbocycles. The predicted molar refractivity (Wildman–Crippen MR) is 89.6 cm³/mol. The first kappa shape index (κ1) is 16.1. The average Bonchev–Trinajstić information content (AvgIpc) is 2.51. The molecule has 22 heavy (non-hydrogen) atoms. The Morgan fingerprint density at radius 2 is 1.68 bits per heavy atom. The molecule has 0 aromatic heterocycles. The fraction of sp³-hybridized carbons (Fsp3) is 0.316. The van der Waals surface area contributed by atoms with Gasteiger partial charge in [0, 0.05) is 12.6 Å². The zero-order valence-electron chi connectivity index (χ0n) is 13.7. The van der Waals surface area contributed by atoms with Crippen molar-refractivity contribution in [3.8, 4) is 5.75 Å². The van der Waals surface area contributed by atoms with E-state index in [0.29, 0.717) is 13.2 Å². The molecule has 2 rings (SSSR count). The molecule has 0 fully saturated rings. The summed E-state index contributed by atoms with van der Waals surface area (Å²) in [7, 11) is 1.81. The summed E-state index contributed by atoms with van der Waals surface area (Å²) >= 11 is 0. The van der Waals surface area contributed by atoms with E-state index < -0.39 is 0 Å². The molecule has 0 aliphatic carbocycles. The van der Waals surface area contributed by atoms with Crippen molar-refractivity contribution in [2.75, 3.05) is 20.2 Å². The number of nitrogens with zero attached hydrogens (tertiary/aromatic N) is 1. The normalized spacial score (nSPS) is 10.4. The zero-order valence-corrected chi connectivity index (χ0v) is 13.7. The highest BCUT2D eigenvalue weighted by atomic mass is 16.5. The van der Waals surface area contributed by atoms with E-state index in [1.54, 1.807) is 4.90 Å². The fourth-order valence-electron chi connectivity index (χ4n) is 2.30. The SMILES string of the molecule is Cc1ccccc1OCCN(C)C(=O)c1cccc(C)c1C. The molecule has 0 atom stereocenters. The van der Waals surface area contributed by atoms with Crippen LogP contribution in [0.3, 0.4) is 0 Å². The lowest BCUT2D eigenvalue weighted by molar-refractivity contribution is 0.0773. The quantitative estimate of drug-likeness (QED) is 0.841. The lowest BCUT2D eigenvalue weighted by Crippen LogP contribution is -2.31. The second-order valence-corrected chi connectivity index (χ2v) is 5.59. The van der Waals surface area contributed by atoms with Crippen LogP contribution in [0.15, 0.2) is 42.5 Å². The van der Waals surface area contributed by atoms with Crippen LogP contribution in [0.5, 0.6) is 5.75 Å². The number of hydrogen-bond donors (Lipinski definition) is 0. The third-order valence-corrected chi connectivity index (χ3v) is 3.96. The number of amides is 1. The van der Waals surface area contributed by atoms with Crippen molar-refractivity contribution in [1.82, 2.24) is 4.90 Å². The first-order valence-electron chi connectivity index (χ1n) is 7.51. The topological polar surface area (TPSA) is 29.5 Å². The second kappa shape index (κ2) is 7.12. The largest absolute Gasteiger partial charge is 0.491 e. The minimum Gasteiger partial charge on any atom is -0.491 e. The number of aryl methyl sites for hydroxylation is 2.